The van der Waals surface area contributed by atoms with Gasteiger partial charge in [-0.2, -0.15) is 13.2 Å². The Hall–Kier alpha value is -2.39. The molecular formula is C19H23F5N2O3. The van der Waals surface area contributed by atoms with Crippen LogP contribution < -0.4 is 0 Å². The van der Waals surface area contributed by atoms with Gasteiger partial charge in [-0.15, -0.1) is 0 Å². The molecule has 1 fully saturated rings. The van der Waals surface area contributed by atoms with Crippen LogP contribution in [-0.4, -0.2) is 53.2 Å². The van der Waals surface area contributed by atoms with Crippen molar-refractivity contribution in [1.29, 1.82) is 0 Å². The molecule has 2 amide bonds. The molecule has 0 saturated carbocycles. The zero-order valence-electron chi connectivity index (χ0n) is 16.5. The second-order valence-corrected chi connectivity index (χ2v) is 7.95. The molecule has 0 bridgehead atoms. The maximum Gasteiger partial charge on any atom is 0.471 e. The Labute approximate surface area is 165 Å². The Kier molecular flexibility index (Phi) is 6.44. The zero-order valence-corrected chi connectivity index (χ0v) is 16.5. The third-order valence-corrected chi connectivity index (χ3v) is 4.63. The summed E-state index contributed by atoms with van der Waals surface area (Å²) in [5.41, 5.74) is -1.05. The number of ether oxygens (including phenoxy) is 1. The summed E-state index contributed by atoms with van der Waals surface area (Å²) in [6, 6.07) is 0.659. The lowest BCUT2D eigenvalue weighted by molar-refractivity contribution is -0.187. The van der Waals surface area contributed by atoms with Crippen molar-refractivity contribution in [2.45, 2.75) is 57.5 Å². The number of piperidine rings is 1. The van der Waals surface area contributed by atoms with Crippen molar-refractivity contribution in [3.05, 3.63) is 35.4 Å². The van der Waals surface area contributed by atoms with Gasteiger partial charge in [0.2, 0.25) is 0 Å². The molecule has 29 heavy (non-hydrogen) atoms. The van der Waals surface area contributed by atoms with Crippen LogP contribution in [0.3, 0.4) is 0 Å². The number of hydrogen-bond acceptors (Lipinski definition) is 3. The van der Waals surface area contributed by atoms with Crippen molar-refractivity contribution >= 4 is 12.0 Å². The molecule has 2 rings (SSSR count). The molecule has 0 aromatic heterocycles. The van der Waals surface area contributed by atoms with E-state index < -0.39 is 47.5 Å². The van der Waals surface area contributed by atoms with E-state index in [-0.39, 0.29) is 24.9 Å². The third kappa shape index (κ3) is 5.57. The monoisotopic (exact) mass is 422 g/mol. The molecule has 1 aromatic rings. The molecule has 1 aliphatic rings. The smallest absolute Gasteiger partial charge is 0.444 e. The highest BCUT2D eigenvalue weighted by atomic mass is 19.4. The van der Waals surface area contributed by atoms with E-state index in [2.05, 4.69) is 0 Å². The molecule has 0 N–H and O–H groups in total. The van der Waals surface area contributed by atoms with Crippen molar-refractivity contribution in [1.82, 2.24) is 9.80 Å². The zero-order chi connectivity index (χ0) is 22.1. The lowest BCUT2D eigenvalue weighted by atomic mass is 9.90. The molecular weight excluding hydrogens is 399 g/mol. The average molecular weight is 422 g/mol. The predicted molar refractivity (Wildman–Crippen MR) is 93.9 cm³/mol. The third-order valence-electron chi connectivity index (χ3n) is 4.63. The van der Waals surface area contributed by atoms with E-state index in [0.29, 0.717) is 4.90 Å². The lowest BCUT2D eigenvalue weighted by Gasteiger charge is -2.43. The first-order valence-corrected chi connectivity index (χ1v) is 8.99. The van der Waals surface area contributed by atoms with E-state index in [9.17, 15) is 31.5 Å². The van der Waals surface area contributed by atoms with Gasteiger partial charge in [-0.1, -0.05) is 0 Å². The molecule has 0 aliphatic carbocycles. The maximum atomic E-state index is 14.4. The van der Waals surface area contributed by atoms with Crippen LogP contribution in [0.2, 0.25) is 0 Å². The lowest BCUT2D eigenvalue weighted by Crippen LogP contribution is -2.52. The Morgan fingerprint density at radius 1 is 1.17 bits per heavy atom. The summed E-state index contributed by atoms with van der Waals surface area (Å²) in [4.78, 5) is 25.9. The highest BCUT2D eigenvalue weighted by molar-refractivity contribution is 5.82. The number of hydrogen-bond donors (Lipinski definition) is 0. The first-order valence-electron chi connectivity index (χ1n) is 8.99. The normalized spacial score (nSPS) is 20.4. The van der Waals surface area contributed by atoms with Crippen molar-refractivity contribution in [3.8, 4) is 0 Å². The minimum absolute atomic E-state index is 0.0327. The first-order chi connectivity index (χ1) is 13.2. The Balaban J connectivity index is 2.37. The number of alkyl halides is 3. The number of rotatable bonds is 2. The van der Waals surface area contributed by atoms with Crippen molar-refractivity contribution in [3.63, 3.8) is 0 Å². The van der Waals surface area contributed by atoms with Crippen LogP contribution in [0.4, 0.5) is 26.7 Å². The highest BCUT2D eigenvalue weighted by Crippen LogP contribution is 2.36. The van der Waals surface area contributed by atoms with E-state index in [1.807, 2.05) is 0 Å². The number of halogens is 5. The van der Waals surface area contributed by atoms with Crippen molar-refractivity contribution in [2.75, 3.05) is 13.6 Å². The number of nitrogens with zero attached hydrogens (tertiary/aromatic N) is 2. The van der Waals surface area contributed by atoms with Gasteiger partial charge in [0, 0.05) is 25.2 Å². The molecule has 5 nitrogen and oxygen atoms in total. The fourth-order valence-electron chi connectivity index (χ4n) is 3.27. The summed E-state index contributed by atoms with van der Waals surface area (Å²) in [6.45, 7) is 4.80. The molecule has 1 saturated heterocycles. The molecule has 162 valence electrons. The molecule has 0 radical (unpaired) electrons. The molecule has 0 spiro atoms. The van der Waals surface area contributed by atoms with E-state index in [1.54, 1.807) is 20.8 Å². The van der Waals surface area contributed by atoms with Crippen LogP contribution in [0.25, 0.3) is 0 Å². The Morgan fingerprint density at radius 2 is 1.79 bits per heavy atom. The minimum atomic E-state index is -5.06. The largest absolute Gasteiger partial charge is 0.471 e. The van der Waals surface area contributed by atoms with E-state index in [1.165, 1.54) is 0 Å². The summed E-state index contributed by atoms with van der Waals surface area (Å²) in [7, 11) is 1.00. The Morgan fingerprint density at radius 3 is 2.34 bits per heavy atom. The molecule has 0 unspecified atom stereocenters. The van der Waals surface area contributed by atoms with Gasteiger partial charge in [0.05, 0.1) is 6.04 Å². The van der Waals surface area contributed by atoms with Crippen LogP contribution in [0.15, 0.2) is 18.2 Å². The van der Waals surface area contributed by atoms with Gasteiger partial charge in [0.1, 0.15) is 17.2 Å². The fourth-order valence-corrected chi connectivity index (χ4v) is 3.27. The van der Waals surface area contributed by atoms with Crippen molar-refractivity contribution < 1.29 is 36.3 Å². The number of amides is 2. The second kappa shape index (κ2) is 8.16. The average Bonchev–Trinajstić information content (AvgIpc) is 2.59. The van der Waals surface area contributed by atoms with Crippen LogP contribution >= 0.6 is 0 Å². The van der Waals surface area contributed by atoms with Gasteiger partial charge in [-0.3, -0.25) is 4.79 Å². The second-order valence-electron chi connectivity index (χ2n) is 7.95. The topological polar surface area (TPSA) is 49.9 Å². The van der Waals surface area contributed by atoms with Gasteiger partial charge >= 0.3 is 18.2 Å². The minimum Gasteiger partial charge on any atom is -0.444 e. The SMILES string of the molecule is CN(C(=O)C(F)(F)F)[C@@H]1CCN(C(=O)OC(C)(C)C)[C@H](c2cc(F)ccc2F)C1. The quantitative estimate of drug-likeness (QED) is 0.663. The fraction of sp³-hybridized carbons (Fsp3) is 0.579. The number of likely N-dealkylation sites (tertiary alicyclic amines) is 1. The summed E-state index contributed by atoms with van der Waals surface area (Å²) >= 11 is 0. The molecule has 1 aromatic carbocycles. The summed E-state index contributed by atoms with van der Waals surface area (Å²) in [5, 5.41) is 0. The molecule has 10 heteroatoms. The highest BCUT2D eigenvalue weighted by Gasteiger charge is 2.45. The number of benzene rings is 1. The number of carbonyl (C=O) groups is 2. The van der Waals surface area contributed by atoms with Gasteiger partial charge in [0.25, 0.3) is 0 Å². The summed E-state index contributed by atoms with van der Waals surface area (Å²) in [5.74, 6) is -3.60. The van der Waals surface area contributed by atoms with Gasteiger partial charge < -0.3 is 14.5 Å². The van der Waals surface area contributed by atoms with E-state index in [0.717, 1.165) is 30.1 Å². The van der Waals surface area contributed by atoms with E-state index in [4.69, 9.17) is 4.74 Å². The number of carbonyl (C=O) groups excluding carboxylic acids is 2. The summed E-state index contributed by atoms with van der Waals surface area (Å²) < 4.78 is 71.8. The van der Waals surface area contributed by atoms with Crippen LogP contribution in [-0.2, 0) is 9.53 Å². The van der Waals surface area contributed by atoms with Crippen LogP contribution in [0, 0.1) is 11.6 Å². The Bertz CT molecular complexity index is 776. The van der Waals surface area contributed by atoms with Gasteiger partial charge in [0.15, 0.2) is 0 Å². The maximum absolute atomic E-state index is 14.4. The van der Waals surface area contributed by atoms with Crippen LogP contribution in [0.5, 0.6) is 0 Å². The van der Waals surface area contributed by atoms with Crippen molar-refractivity contribution in [2.24, 2.45) is 0 Å². The van der Waals surface area contributed by atoms with E-state index >= 15 is 0 Å². The van der Waals surface area contributed by atoms with Crippen LogP contribution in [0.1, 0.15) is 45.2 Å². The molecule has 2 atom stereocenters. The predicted octanol–water partition coefficient (Wildman–Crippen LogP) is 4.43. The van der Waals surface area contributed by atoms with Gasteiger partial charge in [-0.25, -0.2) is 13.6 Å². The summed E-state index contributed by atoms with van der Waals surface area (Å²) in [6.07, 6.45) is -6.02. The first kappa shape index (κ1) is 22.9. The standard InChI is InChI=1S/C19H23F5N2O3/c1-18(2,3)29-17(28)26-8-7-12(25(4)16(27)19(22,23)24)10-15(26)13-9-11(20)5-6-14(13)21/h5-6,9,12,15H,7-8,10H2,1-4H3/t12-,15+/m1/s1. The molecule has 1 aliphatic heterocycles. The van der Waals surface area contributed by atoms with Gasteiger partial charge in [-0.05, 0) is 51.8 Å². The molecule has 1 heterocycles.